The lowest BCUT2D eigenvalue weighted by Gasteiger charge is -2.14. The highest BCUT2D eigenvalue weighted by molar-refractivity contribution is 6.84. The fourth-order valence-electron chi connectivity index (χ4n) is 2.12. The summed E-state index contributed by atoms with van der Waals surface area (Å²) in [5.41, 5.74) is 5.51. The lowest BCUT2D eigenvalue weighted by molar-refractivity contribution is -0.109. The molecule has 4 heteroatoms. The van der Waals surface area contributed by atoms with Crippen molar-refractivity contribution >= 4 is 25.2 Å². The molecule has 0 spiro atoms. The van der Waals surface area contributed by atoms with Crippen LogP contribution in [0.1, 0.15) is 5.56 Å². The summed E-state index contributed by atoms with van der Waals surface area (Å²) in [6, 6.07) is 17.3. The molecule has 0 saturated heterocycles. The van der Waals surface area contributed by atoms with Gasteiger partial charge in [-0.2, -0.15) is 0 Å². The molecule has 0 amide bonds. The van der Waals surface area contributed by atoms with Crippen LogP contribution in [-0.4, -0.2) is 21.0 Å². The van der Waals surface area contributed by atoms with E-state index in [0.717, 1.165) is 11.3 Å². The number of allylic oxidation sites excluding steroid dienone is 1. The van der Waals surface area contributed by atoms with Gasteiger partial charge in [-0.25, -0.2) is 0 Å². The van der Waals surface area contributed by atoms with Crippen molar-refractivity contribution in [3.63, 3.8) is 0 Å². The maximum Gasteiger partial charge on any atom is 0.230 e. The average Bonchev–Trinajstić information content (AvgIpc) is 2.60. The van der Waals surface area contributed by atoms with Gasteiger partial charge in [-0.05, 0) is 23.6 Å². The van der Waals surface area contributed by atoms with E-state index in [2.05, 4.69) is 36.4 Å². The maximum atomic E-state index is 12.3. The first-order chi connectivity index (χ1) is 11.9. The van der Waals surface area contributed by atoms with Crippen LogP contribution in [0.3, 0.4) is 0 Å². The Bertz CT molecular complexity index is 824. The number of benzene rings is 2. The fraction of sp³-hybridized carbons (Fsp3) is 0.190. The van der Waals surface area contributed by atoms with Crippen LogP contribution < -0.4 is 10.1 Å². The van der Waals surface area contributed by atoms with Crippen LogP contribution in [-0.2, 0) is 4.79 Å². The second-order valence-corrected chi connectivity index (χ2v) is 11.4. The van der Waals surface area contributed by atoms with Crippen LogP contribution in [0.2, 0.25) is 19.6 Å². The number of hydrogen-bond acceptors (Lipinski definition) is 3. The van der Waals surface area contributed by atoms with Gasteiger partial charge in [0.15, 0.2) is 0 Å². The summed E-state index contributed by atoms with van der Waals surface area (Å²) in [7, 11) is 0.0312. The molecule has 0 aromatic heterocycles. The summed E-state index contributed by atoms with van der Waals surface area (Å²) in [5, 5.41) is 3.30. The summed E-state index contributed by atoms with van der Waals surface area (Å²) in [6.07, 6.45) is 1.55. The lowest BCUT2D eigenvalue weighted by Crippen LogP contribution is -2.17. The van der Waals surface area contributed by atoms with E-state index >= 15 is 0 Å². The van der Waals surface area contributed by atoms with Crippen molar-refractivity contribution in [3.05, 3.63) is 66.2 Å². The van der Waals surface area contributed by atoms with Gasteiger partial charge in [-0.3, -0.25) is 4.79 Å². The van der Waals surface area contributed by atoms with Crippen LogP contribution in [0, 0.1) is 11.5 Å². The van der Waals surface area contributed by atoms with Gasteiger partial charge in [0.1, 0.15) is 13.8 Å². The molecule has 0 heterocycles. The van der Waals surface area contributed by atoms with Gasteiger partial charge in [0.2, 0.25) is 5.78 Å². The highest BCUT2D eigenvalue weighted by Gasteiger charge is 2.10. The van der Waals surface area contributed by atoms with E-state index in [-0.39, 0.29) is 5.78 Å². The van der Waals surface area contributed by atoms with Crippen LogP contribution >= 0.6 is 0 Å². The van der Waals surface area contributed by atoms with E-state index < -0.39 is 8.07 Å². The molecule has 128 valence electrons. The topological polar surface area (TPSA) is 38.3 Å². The Morgan fingerprint density at radius 2 is 1.68 bits per heavy atom. The Hall–Kier alpha value is -2.77. The Labute approximate surface area is 150 Å². The summed E-state index contributed by atoms with van der Waals surface area (Å²) in [6.45, 7) is 6.34. The van der Waals surface area contributed by atoms with Crippen molar-refractivity contribution in [1.29, 1.82) is 0 Å². The van der Waals surface area contributed by atoms with Gasteiger partial charge in [0.05, 0.1) is 18.5 Å². The predicted octanol–water partition coefficient (Wildman–Crippen LogP) is 4.60. The Morgan fingerprint density at radius 1 is 1.04 bits per heavy atom. The van der Waals surface area contributed by atoms with E-state index in [1.807, 2.05) is 54.6 Å². The largest absolute Gasteiger partial charge is 0.495 e. The molecular weight excluding hydrogens is 326 g/mol. The zero-order chi connectivity index (χ0) is 18.3. The number of para-hydroxylation sites is 2. The summed E-state index contributed by atoms with van der Waals surface area (Å²) >= 11 is 0. The fourth-order valence-corrected chi connectivity index (χ4v) is 2.62. The Kier molecular flexibility index (Phi) is 6.21. The van der Waals surface area contributed by atoms with E-state index in [1.54, 1.807) is 13.2 Å². The lowest BCUT2D eigenvalue weighted by atomic mass is 10.1. The molecule has 0 aliphatic heterocycles. The molecule has 2 aromatic rings. The third-order valence-corrected chi connectivity index (χ3v) is 4.17. The molecule has 0 aliphatic rings. The van der Waals surface area contributed by atoms with Crippen molar-refractivity contribution in [1.82, 2.24) is 0 Å². The van der Waals surface area contributed by atoms with Crippen molar-refractivity contribution in [3.8, 4) is 17.2 Å². The van der Waals surface area contributed by atoms with Gasteiger partial charge < -0.3 is 10.1 Å². The smallest absolute Gasteiger partial charge is 0.230 e. The predicted molar refractivity (Wildman–Crippen MR) is 107 cm³/mol. The molecule has 1 N–H and O–H groups in total. The summed E-state index contributed by atoms with van der Waals surface area (Å²) in [5.74, 6) is 3.27. The zero-order valence-corrected chi connectivity index (χ0v) is 16.1. The minimum atomic E-state index is -1.59. The number of ketones is 1. The van der Waals surface area contributed by atoms with Crippen molar-refractivity contribution in [2.24, 2.45) is 0 Å². The highest BCUT2D eigenvalue weighted by Crippen LogP contribution is 2.27. The minimum Gasteiger partial charge on any atom is -0.495 e. The van der Waals surface area contributed by atoms with Crippen molar-refractivity contribution in [2.75, 3.05) is 12.4 Å². The molecule has 0 saturated carbocycles. The van der Waals surface area contributed by atoms with Gasteiger partial charge in [0.25, 0.3) is 0 Å². The van der Waals surface area contributed by atoms with Crippen LogP contribution in [0.25, 0.3) is 5.70 Å². The zero-order valence-electron chi connectivity index (χ0n) is 15.1. The van der Waals surface area contributed by atoms with Crippen LogP contribution in [0.5, 0.6) is 5.75 Å². The normalized spacial score (nSPS) is 11.3. The standard InChI is InChI=1S/C21H23NO2Si/c1-24-21-13-9-8-12-19(21)22-20(17-10-6-5-7-11-17)16-18(23)14-15-25(2,3)4/h5-13,16,22H,1-4H3/b20-16-. The minimum absolute atomic E-state index is 0.205. The van der Waals surface area contributed by atoms with Crippen molar-refractivity contribution in [2.45, 2.75) is 19.6 Å². The highest BCUT2D eigenvalue weighted by atomic mass is 28.3. The second-order valence-electron chi connectivity index (χ2n) is 6.61. The number of anilines is 1. The third kappa shape index (κ3) is 5.98. The number of carbonyl (C=O) groups excluding carboxylic acids is 1. The van der Waals surface area contributed by atoms with Crippen molar-refractivity contribution < 1.29 is 9.53 Å². The molecule has 3 nitrogen and oxygen atoms in total. The molecule has 0 atom stereocenters. The van der Waals surface area contributed by atoms with Gasteiger partial charge >= 0.3 is 0 Å². The summed E-state index contributed by atoms with van der Waals surface area (Å²) < 4.78 is 5.38. The first-order valence-electron chi connectivity index (χ1n) is 8.13. The van der Waals surface area contributed by atoms with Gasteiger partial charge in [-0.15, -0.1) is 5.54 Å². The Morgan fingerprint density at radius 3 is 2.32 bits per heavy atom. The quantitative estimate of drug-likeness (QED) is 0.487. The number of ether oxygens (including phenoxy) is 1. The average molecular weight is 350 g/mol. The van der Waals surface area contributed by atoms with E-state index in [1.165, 1.54) is 0 Å². The second kappa shape index (κ2) is 8.36. The molecule has 0 radical (unpaired) electrons. The monoisotopic (exact) mass is 349 g/mol. The molecule has 0 aliphatic carbocycles. The first kappa shape index (κ1) is 18.6. The molecule has 0 unspecified atom stereocenters. The molecule has 0 bridgehead atoms. The van der Waals surface area contributed by atoms with Gasteiger partial charge in [-0.1, -0.05) is 62.1 Å². The number of nitrogens with one attached hydrogen (secondary N) is 1. The molecule has 25 heavy (non-hydrogen) atoms. The number of methoxy groups -OCH3 is 1. The first-order valence-corrected chi connectivity index (χ1v) is 11.6. The van der Waals surface area contributed by atoms with E-state index in [9.17, 15) is 4.79 Å². The molecule has 0 fully saturated rings. The van der Waals surface area contributed by atoms with Gasteiger partial charge in [0, 0.05) is 6.08 Å². The molecule has 2 rings (SSSR count). The van der Waals surface area contributed by atoms with E-state index in [0.29, 0.717) is 11.4 Å². The van der Waals surface area contributed by atoms with E-state index in [4.69, 9.17) is 4.74 Å². The number of carbonyl (C=O) groups is 1. The Balaban J connectivity index is 2.39. The number of hydrogen-bond donors (Lipinski definition) is 1. The molecule has 2 aromatic carbocycles. The number of rotatable bonds is 5. The summed E-state index contributed by atoms with van der Waals surface area (Å²) in [4.78, 5) is 12.3. The van der Waals surface area contributed by atoms with Crippen LogP contribution in [0.4, 0.5) is 5.69 Å². The maximum absolute atomic E-state index is 12.3. The SMILES string of the molecule is COc1ccccc1N/C(=C\C(=O)C#C[Si](C)(C)C)c1ccccc1. The third-order valence-electron chi connectivity index (χ3n) is 3.30. The molecular formula is C21H23NO2Si. The van der Waals surface area contributed by atoms with Crippen LogP contribution in [0.15, 0.2) is 60.7 Å².